The van der Waals surface area contributed by atoms with Crippen molar-refractivity contribution < 1.29 is 10.2 Å². The molecule has 4 aliphatic rings. The summed E-state index contributed by atoms with van der Waals surface area (Å²) in [5.74, 6) is 1.96. The number of aliphatic hydroxyl groups is 2. The van der Waals surface area contributed by atoms with Crippen LogP contribution in [0.3, 0.4) is 0 Å². The fourth-order valence-electron chi connectivity index (χ4n) is 6.69. The summed E-state index contributed by atoms with van der Waals surface area (Å²) >= 11 is 0. The highest BCUT2D eigenvalue weighted by Crippen LogP contribution is 2.64. The third-order valence-corrected chi connectivity index (χ3v) is 8.19. The van der Waals surface area contributed by atoms with E-state index in [1.165, 1.54) is 12.0 Å². The summed E-state index contributed by atoms with van der Waals surface area (Å²) in [7, 11) is 0. The molecule has 3 heteroatoms. The van der Waals surface area contributed by atoms with E-state index in [2.05, 4.69) is 19.9 Å². The first-order valence-electron chi connectivity index (χ1n) is 9.17. The van der Waals surface area contributed by atoms with Crippen LogP contribution in [0.25, 0.3) is 0 Å². The molecule has 0 amide bonds. The van der Waals surface area contributed by atoms with Gasteiger partial charge in [-0.15, -0.1) is 0 Å². The first-order valence-corrected chi connectivity index (χ1v) is 9.17. The van der Waals surface area contributed by atoms with Crippen LogP contribution in [0.5, 0.6) is 0 Å². The molecule has 3 nitrogen and oxygen atoms in total. The van der Waals surface area contributed by atoms with Gasteiger partial charge in [-0.1, -0.05) is 25.5 Å². The molecule has 4 aliphatic carbocycles. The molecule has 4 rings (SSSR count). The summed E-state index contributed by atoms with van der Waals surface area (Å²) in [5.41, 5.74) is 8.29. The van der Waals surface area contributed by atoms with Crippen LogP contribution in [0.2, 0.25) is 0 Å². The van der Waals surface area contributed by atoms with Gasteiger partial charge in [-0.3, -0.25) is 0 Å². The molecule has 3 saturated carbocycles. The van der Waals surface area contributed by atoms with Crippen LogP contribution >= 0.6 is 0 Å². The molecule has 124 valence electrons. The van der Waals surface area contributed by atoms with Gasteiger partial charge in [-0.05, 0) is 73.5 Å². The van der Waals surface area contributed by atoms with Crippen molar-refractivity contribution in [3.05, 3.63) is 11.6 Å². The summed E-state index contributed by atoms with van der Waals surface area (Å²) in [4.78, 5) is 0. The van der Waals surface area contributed by atoms with Crippen LogP contribution in [0.4, 0.5) is 0 Å². The average Bonchev–Trinajstić information content (AvgIpc) is 2.72. The minimum atomic E-state index is -0.319. The van der Waals surface area contributed by atoms with Gasteiger partial charge < -0.3 is 15.9 Å². The molecule has 8 atom stereocenters. The summed E-state index contributed by atoms with van der Waals surface area (Å²) in [5, 5.41) is 20.4. The van der Waals surface area contributed by atoms with Crippen LogP contribution in [0.1, 0.15) is 58.8 Å². The van der Waals surface area contributed by atoms with E-state index in [4.69, 9.17) is 5.73 Å². The molecule has 4 N–H and O–H groups in total. The van der Waals surface area contributed by atoms with Gasteiger partial charge in [-0.2, -0.15) is 0 Å². The largest absolute Gasteiger partial charge is 0.393 e. The maximum absolute atomic E-state index is 10.3. The van der Waals surface area contributed by atoms with Gasteiger partial charge in [-0.25, -0.2) is 0 Å². The Bertz CT molecular complexity index is 504. The smallest absolute Gasteiger partial charge is 0.0699 e. The molecule has 0 spiro atoms. The second-order valence-corrected chi connectivity index (χ2v) is 9.03. The van der Waals surface area contributed by atoms with E-state index in [9.17, 15) is 10.2 Å². The molecule has 0 aromatic carbocycles. The first kappa shape index (κ1) is 15.2. The molecular formula is C19H31NO2. The van der Waals surface area contributed by atoms with E-state index in [1.807, 2.05) is 0 Å². The van der Waals surface area contributed by atoms with E-state index in [0.29, 0.717) is 11.8 Å². The highest BCUT2D eigenvalue weighted by atomic mass is 16.3. The zero-order valence-corrected chi connectivity index (χ0v) is 14.0. The quantitative estimate of drug-likeness (QED) is 0.603. The van der Waals surface area contributed by atoms with Gasteiger partial charge in [0.1, 0.15) is 0 Å². The number of hydrogen-bond acceptors (Lipinski definition) is 3. The minimum absolute atomic E-state index is 0.0511. The summed E-state index contributed by atoms with van der Waals surface area (Å²) in [6.45, 7) is 4.76. The lowest BCUT2D eigenvalue weighted by Gasteiger charge is -2.57. The second-order valence-electron chi connectivity index (χ2n) is 9.03. The van der Waals surface area contributed by atoms with Gasteiger partial charge in [0.15, 0.2) is 0 Å². The van der Waals surface area contributed by atoms with Crippen molar-refractivity contribution in [3.8, 4) is 0 Å². The molecule has 3 fully saturated rings. The van der Waals surface area contributed by atoms with Gasteiger partial charge in [0.25, 0.3) is 0 Å². The minimum Gasteiger partial charge on any atom is -0.393 e. The van der Waals surface area contributed by atoms with Crippen LogP contribution < -0.4 is 5.73 Å². The Morgan fingerprint density at radius 3 is 2.68 bits per heavy atom. The maximum Gasteiger partial charge on any atom is 0.0699 e. The number of rotatable bonds is 0. The van der Waals surface area contributed by atoms with Crippen molar-refractivity contribution in [2.45, 2.75) is 77.0 Å². The third-order valence-electron chi connectivity index (χ3n) is 8.19. The fourth-order valence-corrected chi connectivity index (χ4v) is 6.69. The number of aliphatic hydroxyl groups excluding tert-OH is 2. The Labute approximate surface area is 134 Å². The first-order chi connectivity index (χ1) is 10.4. The van der Waals surface area contributed by atoms with Gasteiger partial charge in [0.05, 0.1) is 12.2 Å². The third kappa shape index (κ3) is 1.85. The summed E-state index contributed by atoms with van der Waals surface area (Å²) < 4.78 is 0. The van der Waals surface area contributed by atoms with Crippen molar-refractivity contribution in [2.24, 2.45) is 34.3 Å². The van der Waals surface area contributed by atoms with Crippen molar-refractivity contribution in [1.29, 1.82) is 0 Å². The average molecular weight is 305 g/mol. The van der Waals surface area contributed by atoms with Crippen LogP contribution in [0.15, 0.2) is 11.6 Å². The van der Waals surface area contributed by atoms with E-state index >= 15 is 0 Å². The number of allylic oxidation sites excluding steroid dienone is 1. The molecule has 0 saturated heterocycles. The summed E-state index contributed by atoms with van der Waals surface area (Å²) in [6.07, 6.45) is 9.34. The molecular weight excluding hydrogens is 274 g/mol. The Hall–Kier alpha value is -0.380. The van der Waals surface area contributed by atoms with Crippen LogP contribution in [-0.2, 0) is 0 Å². The highest BCUT2D eigenvalue weighted by Gasteiger charge is 2.60. The highest BCUT2D eigenvalue weighted by molar-refractivity contribution is 5.25. The number of fused-ring (bicyclic) bond motifs is 5. The van der Waals surface area contributed by atoms with Crippen molar-refractivity contribution in [2.75, 3.05) is 0 Å². The maximum atomic E-state index is 10.3. The van der Waals surface area contributed by atoms with Gasteiger partial charge in [0, 0.05) is 6.04 Å². The molecule has 0 radical (unpaired) electrons. The van der Waals surface area contributed by atoms with Crippen LogP contribution in [-0.4, -0.2) is 28.5 Å². The topological polar surface area (TPSA) is 66.5 Å². The van der Waals surface area contributed by atoms with E-state index in [-0.39, 0.29) is 29.1 Å². The van der Waals surface area contributed by atoms with E-state index in [1.54, 1.807) is 0 Å². The Morgan fingerprint density at radius 2 is 1.91 bits per heavy atom. The predicted octanol–water partition coefficient (Wildman–Crippen LogP) is 2.61. The van der Waals surface area contributed by atoms with Crippen molar-refractivity contribution in [3.63, 3.8) is 0 Å². The lowest BCUT2D eigenvalue weighted by Crippen LogP contribution is -2.53. The van der Waals surface area contributed by atoms with Crippen molar-refractivity contribution in [1.82, 2.24) is 0 Å². The normalized spacial score (nSPS) is 57.6. The predicted molar refractivity (Wildman–Crippen MR) is 87.1 cm³/mol. The monoisotopic (exact) mass is 305 g/mol. The van der Waals surface area contributed by atoms with E-state index in [0.717, 1.165) is 44.4 Å². The molecule has 0 aromatic rings. The second kappa shape index (κ2) is 4.81. The summed E-state index contributed by atoms with van der Waals surface area (Å²) in [6, 6.07) is -0.0511. The lowest BCUT2D eigenvalue weighted by molar-refractivity contribution is -0.0403. The Balaban J connectivity index is 1.68. The fraction of sp³-hybridized carbons (Fsp3) is 0.895. The molecule has 22 heavy (non-hydrogen) atoms. The SMILES string of the molecule is C[C@]12CC[C@H]3[C@@H](CC=C4C[C@@H](O)CC[C@@]43C)[C@@H]1C[C@@H](O)[C@@H]2N. The number of hydrogen-bond donors (Lipinski definition) is 3. The molecule has 0 heterocycles. The standard InChI is InChI=1S/C19H31NO2/c1-18-7-5-12(21)9-11(18)3-4-13-14(18)6-8-19(2)15(13)10-16(22)17(19)20/h3,12-17,21-22H,4-10,20H2,1-2H3/t12-,13+,14-,15-,16+,17-,18-,19-/m0/s1. The zero-order valence-electron chi connectivity index (χ0n) is 14.0. The molecule has 0 unspecified atom stereocenters. The zero-order chi connectivity index (χ0) is 15.7. The van der Waals surface area contributed by atoms with Gasteiger partial charge >= 0.3 is 0 Å². The van der Waals surface area contributed by atoms with Crippen molar-refractivity contribution >= 4 is 0 Å². The van der Waals surface area contributed by atoms with E-state index < -0.39 is 0 Å². The Morgan fingerprint density at radius 1 is 1.14 bits per heavy atom. The Kier molecular flexibility index (Phi) is 3.32. The molecule has 0 aliphatic heterocycles. The molecule has 0 bridgehead atoms. The van der Waals surface area contributed by atoms with Gasteiger partial charge in [0.2, 0.25) is 0 Å². The molecule has 0 aromatic heterocycles. The van der Waals surface area contributed by atoms with Crippen LogP contribution in [0, 0.1) is 28.6 Å². The number of nitrogens with two attached hydrogens (primary N) is 1. The lowest BCUT2D eigenvalue weighted by atomic mass is 9.48.